The number of aryl methyl sites for hydroxylation is 1. The number of hydrogen-bond donors (Lipinski definition) is 1. The molecule has 1 aliphatic heterocycles. The lowest BCUT2D eigenvalue weighted by Crippen LogP contribution is -2.61. The Bertz CT molecular complexity index is 458. The van der Waals surface area contributed by atoms with Gasteiger partial charge in [0.2, 0.25) is 0 Å². The lowest BCUT2D eigenvalue weighted by molar-refractivity contribution is -0.0793. The second-order valence-corrected chi connectivity index (χ2v) is 6.49. The zero-order valence-corrected chi connectivity index (χ0v) is 13.3. The van der Waals surface area contributed by atoms with Gasteiger partial charge in [-0.3, -0.25) is 0 Å². The van der Waals surface area contributed by atoms with Crippen LogP contribution in [0.5, 0.6) is 0 Å². The van der Waals surface area contributed by atoms with E-state index in [0.717, 1.165) is 26.0 Å². The van der Waals surface area contributed by atoms with Crippen molar-refractivity contribution in [1.82, 2.24) is 0 Å². The van der Waals surface area contributed by atoms with Crippen molar-refractivity contribution in [2.45, 2.75) is 51.7 Å². The normalized spacial score (nSPS) is 25.4. The predicted molar refractivity (Wildman–Crippen MR) is 85.2 cm³/mol. The first-order valence-electron chi connectivity index (χ1n) is 7.61. The van der Waals surface area contributed by atoms with E-state index >= 15 is 0 Å². The van der Waals surface area contributed by atoms with Crippen LogP contribution in [0.25, 0.3) is 0 Å². The van der Waals surface area contributed by atoms with Gasteiger partial charge in [-0.2, -0.15) is 0 Å². The van der Waals surface area contributed by atoms with Crippen molar-refractivity contribution >= 4 is 5.69 Å². The monoisotopic (exact) mass is 276 g/mol. The van der Waals surface area contributed by atoms with E-state index in [2.05, 4.69) is 56.9 Å². The highest BCUT2D eigenvalue weighted by Gasteiger charge is 2.44. The third-order valence-electron chi connectivity index (χ3n) is 4.49. The van der Waals surface area contributed by atoms with Gasteiger partial charge in [-0.25, -0.2) is 0 Å². The molecule has 1 aliphatic rings. The first-order chi connectivity index (χ1) is 9.44. The summed E-state index contributed by atoms with van der Waals surface area (Å²) in [4.78, 5) is 2.49. The summed E-state index contributed by atoms with van der Waals surface area (Å²) in [5.74, 6) is 0. The van der Waals surface area contributed by atoms with Crippen LogP contribution < -0.4 is 10.6 Å². The molecule has 1 saturated heterocycles. The van der Waals surface area contributed by atoms with E-state index in [4.69, 9.17) is 10.5 Å². The number of nitrogens with zero attached hydrogens (tertiary/aromatic N) is 1. The number of para-hydroxylation sites is 1. The molecule has 0 aromatic heterocycles. The molecule has 0 radical (unpaired) electrons. The Kier molecular flexibility index (Phi) is 4.40. The molecule has 0 saturated carbocycles. The van der Waals surface area contributed by atoms with Crippen molar-refractivity contribution in [2.24, 2.45) is 5.73 Å². The van der Waals surface area contributed by atoms with E-state index < -0.39 is 0 Å². The van der Waals surface area contributed by atoms with Crippen molar-refractivity contribution in [3.63, 3.8) is 0 Å². The largest absolute Gasteiger partial charge is 0.375 e. The van der Waals surface area contributed by atoms with Gasteiger partial charge in [0.1, 0.15) is 0 Å². The molecule has 1 unspecified atom stereocenters. The van der Waals surface area contributed by atoms with E-state index in [1.165, 1.54) is 11.3 Å². The summed E-state index contributed by atoms with van der Waals surface area (Å²) < 4.78 is 5.90. The highest BCUT2D eigenvalue weighted by molar-refractivity contribution is 5.55. The van der Waals surface area contributed by atoms with Gasteiger partial charge in [-0.1, -0.05) is 18.2 Å². The summed E-state index contributed by atoms with van der Waals surface area (Å²) in [5.41, 5.74) is 8.74. The molecule has 3 nitrogen and oxygen atoms in total. The molecule has 112 valence electrons. The molecule has 0 bridgehead atoms. The summed E-state index contributed by atoms with van der Waals surface area (Å²) in [6.07, 6.45) is 1.97. The molecule has 1 fully saturated rings. The van der Waals surface area contributed by atoms with Crippen LogP contribution in [-0.4, -0.2) is 30.8 Å². The Labute approximate surface area is 123 Å². The van der Waals surface area contributed by atoms with Crippen LogP contribution in [0.15, 0.2) is 24.3 Å². The van der Waals surface area contributed by atoms with Crippen LogP contribution in [0, 0.1) is 6.92 Å². The van der Waals surface area contributed by atoms with Gasteiger partial charge in [-0.15, -0.1) is 0 Å². The quantitative estimate of drug-likeness (QED) is 0.918. The molecule has 1 aromatic rings. The molecule has 0 spiro atoms. The summed E-state index contributed by atoms with van der Waals surface area (Å²) in [7, 11) is 0. The highest BCUT2D eigenvalue weighted by atomic mass is 16.5. The molecule has 0 aliphatic carbocycles. The second kappa shape index (κ2) is 5.74. The van der Waals surface area contributed by atoms with Crippen LogP contribution in [0.3, 0.4) is 0 Å². The SMILES string of the molecule is CCN(c1ccccc1C)C1(CN)CCOC(C)(C)C1. The standard InChI is InChI=1S/C17H28N2O/c1-5-19(15-9-7-6-8-14(15)2)17(13-18)10-11-20-16(3,4)12-17/h6-9H,5,10-13,18H2,1-4H3. The van der Waals surface area contributed by atoms with E-state index in [0.29, 0.717) is 6.54 Å². The molecule has 20 heavy (non-hydrogen) atoms. The van der Waals surface area contributed by atoms with Gasteiger partial charge in [0.25, 0.3) is 0 Å². The molecule has 2 rings (SSSR count). The minimum absolute atomic E-state index is 0.00259. The van der Waals surface area contributed by atoms with Gasteiger partial charge < -0.3 is 15.4 Å². The zero-order valence-electron chi connectivity index (χ0n) is 13.3. The van der Waals surface area contributed by atoms with Gasteiger partial charge in [0.05, 0.1) is 11.1 Å². The zero-order chi connectivity index (χ0) is 14.8. The number of rotatable bonds is 4. The number of nitrogens with two attached hydrogens (primary N) is 1. The first-order valence-corrected chi connectivity index (χ1v) is 7.61. The van der Waals surface area contributed by atoms with E-state index in [-0.39, 0.29) is 11.1 Å². The van der Waals surface area contributed by atoms with Gasteiger partial charge in [0, 0.05) is 31.8 Å². The maximum atomic E-state index is 6.23. The predicted octanol–water partition coefficient (Wildman–Crippen LogP) is 3.11. The minimum Gasteiger partial charge on any atom is -0.375 e. The minimum atomic E-state index is -0.103. The van der Waals surface area contributed by atoms with Crippen molar-refractivity contribution < 1.29 is 4.74 Å². The summed E-state index contributed by atoms with van der Waals surface area (Å²) >= 11 is 0. The van der Waals surface area contributed by atoms with Crippen LogP contribution in [-0.2, 0) is 4.74 Å². The maximum absolute atomic E-state index is 6.23. The molecular weight excluding hydrogens is 248 g/mol. The number of hydrogen-bond acceptors (Lipinski definition) is 3. The molecule has 0 amide bonds. The van der Waals surface area contributed by atoms with Gasteiger partial charge in [-0.05, 0) is 45.7 Å². The Hall–Kier alpha value is -1.06. The lowest BCUT2D eigenvalue weighted by Gasteiger charge is -2.51. The molecule has 1 atom stereocenters. The Balaban J connectivity index is 2.40. The number of benzene rings is 1. The van der Waals surface area contributed by atoms with Crippen molar-refractivity contribution in [3.05, 3.63) is 29.8 Å². The fraction of sp³-hybridized carbons (Fsp3) is 0.647. The van der Waals surface area contributed by atoms with Crippen molar-refractivity contribution in [1.29, 1.82) is 0 Å². The number of anilines is 1. The van der Waals surface area contributed by atoms with Crippen LogP contribution in [0.2, 0.25) is 0 Å². The Morgan fingerprint density at radius 1 is 1.30 bits per heavy atom. The molecule has 1 heterocycles. The average Bonchev–Trinajstić information content (AvgIpc) is 2.40. The first kappa shape index (κ1) is 15.3. The third-order valence-corrected chi connectivity index (χ3v) is 4.49. The Morgan fingerprint density at radius 3 is 2.55 bits per heavy atom. The van der Waals surface area contributed by atoms with E-state index in [1.807, 2.05) is 0 Å². The molecule has 3 heteroatoms. The molecular formula is C17H28N2O. The Morgan fingerprint density at radius 2 is 2.00 bits per heavy atom. The third kappa shape index (κ3) is 2.84. The average molecular weight is 276 g/mol. The maximum Gasteiger partial charge on any atom is 0.0649 e. The summed E-state index contributed by atoms with van der Waals surface area (Å²) in [5, 5.41) is 0. The molecule has 1 aromatic carbocycles. The van der Waals surface area contributed by atoms with E-state index in [1.54, 1.807) is 0 Å². The van der Waals surface area contributed by atoms with E-state index in [9.17, 15) is 0 Å². The fourth-order valence-electron chi connectivity index (χ4n) is 3.59. The number of ether oxygens (including phenoxy) is 1. The topological polar surface area (TPSA) is 38.5 Å². The van der Waals surface area contributed by atoms with Crippen molar-refractivity contribution in [2.75, 3.05) is 24.6 Å². The highest BCUT2D eigenvalue weighted by Crippen LogP contribution is 2.39. The second-order valence-electron chi connectivity index (χ2n) is 6.49. The molecule has 2 N–H and O–H groups in total. The van der Waals surface area contributed by atoms with Gasteiger partial charge in [0.15, 0.2) is 0 Å². The summed E-state index contributed by atoms with van der Waals surface area (Å²) in [6, 6.07) is 8.58. The smallest absolute Gasteiger partial charge is 0.0649 e. The van der Waals surface area contributed by atoms with Gasteiger partial charge >= 0.3 is 0 Å². The summed E-state index contributed by atoms with van der Waals surface area (Å²) in [6.45, 7) is 11.1. The lowest BCUT2D eigenvalue weighted by atomic mass is 9.79. The van der Waals surface area contributed by atoms with Crippen LogP contribution >= 0.6 is 0 Å². The number of likely N-dealkylation sites (N-methyl/N-ethyl adjacent to an activating group) is 1. The van der Waals surface area contributed by atoms with Crippen LogP contribution in [0.1, 0.15) is 39.2 Å². The van der Waals surface area contributed by atoms with Crippen LogP contribution in [0.4, 0.5) is 5.69 Å². The van der Waals surface area contributed by atoms with Crippen molar-refractivity contribution in [3.8, 4) is 0 Å². The fourth-order valence-corrected chi connectivity index (χ4v) is 3.59.